The fourth-order valence-electron chi connectivity index (χ4n) is 2.31. The van der Waals surface area contributed by atoms with Gasteiger partial charge in [-0.15, -0.1) is 0 Å². The third kappa shape index (κ3) is 4.62. The molecule has 1 amide bonds. The van der Waals surface area contributed by atoms with Crippen molar-refractivity contribution >= 4 is 6.09 Å². The first-order valence-corrected chi connectivity index (χ1v) is 7.43. The van der Waals surface area contributed by atoms with E-state index in [9.17, 15) is 4.79 Å². The van der Waals surface area contributed by atoms with E-state index in [0.717, 1.165) is 19.5 Å². The fourth-order valence-corrected chi connectivity index (χ4v) is 2.31. The zero-order chi connectivity index (χ0) is 15.5. The predicted octanol–water partition coefficient (Wildman–Crippen LogP) is 2.89. The van der Waals surface area contributed by atoms with Gasteiger partial charge in [0, 0.05) is 25.4 Å². The van der Waals surface area contributed by atoms with Crippen LogP contribution in [0.3, 0.4) is 0 Å². The normalized spacial score (nSPS) is 15.5. The highest BCUT2D eigenvalue weighted by Crippen LogP contribution is 2.23. The minimum absolute atomic E-state index is 0.219. The average molecular weight is 292 g/mol. The lowest BCUT2D eigenvalue weighted by atomic mass is 9.93. The van der Waals surface area contributed by atoms with Crippen molar-refractivity contribution in [2.24, 2.45) is 5.92 Å². The van der Waals surface area contributed by atoms with Crippen molar-refractivity contribution in [3.8, 4) is 5.88 Å². The highest BCUT2D eigenvalue weighted by Gasteiger charge is 2.33. The van der Waals surface area contributed by atoms with Gasteiger partial charge in [0.2, 0.25) is 5.88 Å². The molecule has 1 saturated heterocycles. The summed E-state index contributed by atoms with van der Waals surface area (Å²) < 4.78 is 10.7. The quantitative estimate of drug-likeness (QED) is 0.856. The van der Waals surface area contributed by atoms with Crippen LogP contribution >= 0.6 is 0 Å². The molecule has 1 fully saturated rings. The highest BCUT2D eigenvalue weighted by atomic mass is 16.6. The molecule has 1 aliphatic rings. The zero-order valence-electron chi connectivity index (χ0n) is 13.3. The Morgan fingerprint density at radius 3 is 2.76 bits per heavy atom. The molecule has 0 radical (unpaired) electrons. The minimum Gasteiger partial charge on any atom is -0.478 e. The minimum atomic E-state index is -0.431. The van der Waals surface area contributed by atoms with Crippen LogP contribution in [0.5, 0.6) is 5.88 Å². The number of likely N-dealkylation sites (tertiary alicyclic amines) is 1. The summed E-state index contributed by atoms with van der Waals surface area (Å²) in [6.45, 7) is 9.71. The third-order valence-corrected chi connectivity index (χ3v) is 3.22. The van der Waals surface area contributed by atoms with Gasteiger partial charge in [-0.2, -0.15) is 0 Å². The van der Waals surface area contributed by atoms with Gasteiger partial charge in [-0.25, -0.2) is 9.78 Å². The van der Waals surface area contributed by atoms with Gasteiger partial charge in [0.25, 0.3) is 0 Å². The predicted molar refractivity (Wildman–Crippen MR) is 80.4 cm³/mol. The maximum Gasteiger partial charge on any atom is 0.410 e. The Kier molecular flexibility index (Phi) is 4.70. The Morgan fingerprint density at radius 1 is 1.43 bits per heavy atom. The molecule has 2 rings (SSSR count). The summed E-state index contributed by atoms with van der Waals surface area (Å²) in [4.78, 5) is 17.8. The molecular formula is C16H24N2O3. The van der Waals surface area contributed by atoms with E-state index in [0.29, 0.717) is 18.4 Å². The number of rotatable bonds is 4. The maximum absolute atomic E-state index is 11.9. The van der Waals surface area contributed by atoms with E-state index in [1.54, 1.807) is 11.1 Å². The number of carbonyl (C=O) groups excluding carboxylic acids is 1. The molecule has 5 heteroatoms. The number of aromatic nitrogens is 1. The summed E-state index contributed by atoms with van der Waals surface area (Å²) in [5.74, 6) is 1.15. The monoisotopic (exact) mass is 292 g/mol. The molecule has 1 aromatic heterocycles. The van der Waals surface area contributed by atoms with Gasteiger partial charge in [-0.05, 0) is 51.7 Å². The van der Waals surface area contributed by atoms with Crippen molar-refractivity contribution in [1.82, 2.24) is 9.88 Å². The Balaban J connectivity index is 1.80. The summed E-state index contributed by atoms with van der Waals surface area (Å²) in [7, 11) is 0. The van der Waals surface area contributed by atoms with Crippen molar-refractivity contribution in [3.05, 3.63) is 23.9 Å². The number of hydrogen-bond donors (Lipinski definition) is 0. The van der Waals surface area contributed by atoms with E-state index in [2.05, 4.69) is 4.98 Å². The van der Waals surface area contributed by atoms with Crippen molar-refractivity contribution in [1.29, 1.82) is 0 Å². The summed E-state index contributed by atoms with van der Waals surface area (Å²) >= 11 is 0. The first-order chi connectivity index (χ1) is 9.87. The molecule has 2 heterocycles. The lowest BCUT2D eigenvalue weighted by Crippen LogP contribution is -2.52. The van der Waals surface area contributed by atoms with Crippen molar-refractivity contribution in [3.63, 3.8) is 0 Å². The maximum atomic E-state index is 11.9. The highest BCUT2D eigenvalue weighted by molar-refractivity contribution is 5.69. The van der Waals surface area contributed by atoms with Crippen LogP contribution in [0.25, 0.3) is 0 Å². The Labute approximate surface area is 126 Å². The molecule has 0 aromatic carbocycles. The summed E-state index contributed by atoms with van der Waals surface area (Å²) in [5.41, 5.74) is 0.766. The van der Waals surface area contributed by atoms with E-state index in [1.807, 2.05) is 39.8 Å². The molecule has 0 atom stereocenters. The smallest absolute Gasteiger partial charge is 0.410 e. The van der Waals surface area contributed by atoms with Crippen LogP contribution in [0, 0.1) is 5.92 Å². The number of carbonyl (C=O) groups is 1. The molecule has 21 heavy (non-hydrogen) atoms. The van der Waals surface area contributed by atoms with Crippen LogP contribution in [0.2, 0.25) is 0 Å². The summed E-state index contributed by atoms with van der Waals surface area (Å²) in [6, 6.07) is 3.97. The van der Waals surface area contributed by atoms with E-state index >= 15 is 0 Å². The SMILES string of the molecule is CCOc1cc(CC2CN(C(=O)OC(C)(C)C)C2)ccn1. The number of pyridine rings is 1. The van der Waals surface area contributed by atoms with Crippen LogP contribution in [0.15, 0.2) is 18.3 Å². The largest absolute Gasteiger partial charge is 0.478 e. The Morgan fingerprint density at radius 2 is 2.14 bits per heavy atom. The van der Waals surface area contributed by atoms with Crippen LogP contribution < -0.4 is 4.74 Å². The van der Waals surface area contributed by atoms with Gasteiger partial charge in [0.1, 0.15) is 5.60 Å². The van der Waals surface area contributed by atoms with Crippen LogP contribution in [-0.4, -0.2) is 41.3 Å². The number of ether oxygens (including phenoxy) is 2. The van der Waals surface area contributed by atoms with E-state index < -0.39 is 5.60 Å². The molecule has 0 unspecified atom stereocenters. The lowest BCUT2D eigenvalue weighted by Gasteiger charge is -2.39. The number of hydrogen-bond acceptors (Lipinski definition) is 4. The Bertz CT molecular complexity index is 491. The standard InChI is InChI=1S/C16H24N2O3/c1-5-20-14-9-12(6-7-17-14)8-13-10-18(11-13)15(19)21-16(2,3)4/h6-7,9,13H,5,8,10-11H2,1-4H3. The second-order valence-electron chi connectivity index (χ2n) is 6.39. The lowest BCUT2D eigenvalue weighted by molar-refractivity contribution is -0.000892. The second kappa shape index (κ2) is 6.33. The van der Waals surface area contributed by atoms with Gasteiger partial charge in [-0.3, -0.25) is 0 Å². The van der Waals surface area contributed by atoms with E-state index in [-0.39, 0.29) is 6.09 Å². The first kappa shape index (κ1) is 15.6. The molecule has 1 aliphatic heterocycles. The number of amides is 1. The van der Waals surface area contributed by atoms with Crippen molar-refractivity contribution in [2.45, 2.75) is 39.7 Å². The van der Waals surface area contributed by atoms with E-state index in [4.69, 9.17) is 9.47 Å². The fraction of sp³-hybridized carbons (Fsp3) is 0.625. The summed E-state index contributed by atoms with van der Waals surface area (Å²) in [5, 5.41) is 0. The van der Waals surface area contributed by atoms with Crippen LogP contribution in [-0.2, 0) is 11.2 Å². The molecule has 0 aliphatic carbocycles. The van der Waals surface area contributed by atoms with Crippen molar-refractivity contribution in [2.75, 3.05) is 19.7 Å². The van der Waals surface area contributed by atoms with Gasteiger partial charge in [0.05, 0.1) is 6.61 Å². The van der Waals surface area contributed by atoms with Gasteiger partial charge < -0.3 is 14.4 Å². The second-order valence-corrected chi connectivity index (χ2v) is 6.39. The van der Waals surface area contributed by atoms with Gasteiger partial charge >= 0.3 is 6.09 Å². The Hall–Kier alpha value is -1.78. The molecule has 0 N–H and O–H groups in total. The molecule has 5 nitrogen and oxygen atoms in total. The molecule has 1 aromatic rings. The molecule has 116 valence electrons. The average Bonchev–Trinajstić information content (AvgIpc) is 2.32. The van der Waals surface area contributed by atoms with Gasteiger partial charge in [0.15, 0.2) is 0 Å². The van der Waals surface area contributed by atoms with Gasteiger partial charge in [-0.1, -0.05) is 0 Å². The van der Waals surface area contributed by atoms with E-state index in [1.165, 1.54) is 5.56 Å². The summed E-state index contributed by atoms with van der Waals surface area (Å²) in [6.07, 6.45) is 2.48. The number of nitrogens with zero attached hydrogens (tertiary/aromatic N) is 2. The molecule has 0 bridgehead atoms. The molecular weight excluding hydrogens is 268 g/mol. The third-order valence-electron chi connectivity index (χ3n) is 3.22. The van der Waals surface area contributed by atoms with Crippen molar-refractivity contribution < 1.29 is 14.3 Å². The first-order valence-electron chi connectivity index (χ1n) is 7.43. The topological polar surface area (TPSA) is 51.7 Å². The van der Waals surface area contributed by atoms with Crippen LogP contribution in [0.1, 0.15) is 33.3 Å². The zero-order valence-corrected chi connectivity index (χ0v) is 13.3. The van der Waals surface area contributed by atoms with Crippen LogP contribution in [0.4, 0.5) is 4.79 Å². The molecule has 0 saturated carbocycles. The molecule has 0 spiro atoms.